The van der Waals surface area contributed by atoms with Crippen LogP contribution in [0.1, 0.15) is 12.0 Å². The van der Waals surface area contributed by atoms with Gasteiger partial charge in [-0.25, -0.2) is 12.8 Å². The van der Waals surface area contributed by atoms with Gasteiger partial charge in [-0.3, -0.25) is 4.90 Å². The number of hydrogen-bond donors (Lipinski definition) is 0. The zero-order valence-corrected chi connectivity index (χ0v) is 13.0. The summed E-state index contributed by atoms with van der Waals surface area (Å²) in [5.74, 6) is 0.136. The van der Waals surface area contributed by atoms with Gasteiger partial charge in [-0.05, 0) is 24.6 Å². The first kappa shape index (κ1) is 15.3. The minimum absolute atomic E-state index is 0.121. The summed E-state index contributed by atoms with van der Waals surface area (Å²) in [6, 6.07) is 6.42. The largest absolute Gasteiger partial charge is 0.368 e. The SMILES string of the molecule is N#Cc1cc(F)ccc1N1CCN([C@H]2CCS(=O)(=O)C2)CC1. The summed E-state index contributed by atoms with van der Waals surface area (Å²) in [4.78, 5) is 4.29. The summed E-state index contributed by atoms with van der Waals surface area (Å²) in [6.45, 7) is 2.97. The fourth-order valence-corrected chi connectivity index (χ4v) is 5.03. The highest BCUT2D eigenvalue weighted by Crippen LogP contribution is 2.24. The highest BCUT2D eigenvalue weighted by atomic mass is 32.2. The lowest BCUT2D eigenvalue weighted by Crippen LogP contribution is -2.51. The molecule has 0 aromatic heterocycles. The Hall–Kier alpha value is -1.65. The topological polar surface area (TPSA) is 64.4 Å². The maximum atomic E-state index is 13.2. The Balaban J connectivity index is 1.66. The molecule has 0 aliphatic carbocycles. The van der Waals surface area contributed by atoms with E-state index in [2.05, 4.69) is 9.80 Å². The third-order valence-electron chi connectivity index (χ3n) is 4.46. The van der Waals surface area contributed by atoms with Crippen molar-refractivity contribution >= 4 is 15.5 Å². The first-order chi connectivity index (χ1) is 10.5. The van der Waals surface area contributed by atoms with Gasteiger partial charge < -0.3 is 4.90 Å². The minimum atomic E-state index is -2.87. The number of hydrogen-bond acceptors (Lipinski definition) is 5. The number of nitrogens with zero attached hydrogens (tertiary/aromatic N) is 3. The van der Waals surface area contributed by atoms with Crippen LogP contribution in [-0.2, 0) is 9.84 Å². The Morgan fingerprint density at radius 3 is 2.55 bits per heavy atom. The van der Waals surface area contributed by atoms with Gasteiger partial charge in [0.1, 0.15) is 11.9 Å². The van der Waals surface area contributed by atoms with E-state index in [1.54, 1.807) is 6.07 Å². The smallest absolute Gasteiger partial charge is 0.151 e. The summed E-state index contributed by atoms with van der Waals surface area (Å²) in [7, 11) is -2.87. The predicted octanol–water partition coefficient (Wildman–Crippen LogP) is 1.01. The summed E-state index contributed by atoms with van der Waals surface area (Å²) in [5.41, 5.74) is 1.10. The molecule has 0 bridgehead atoms. The molecule has 2 fully saturated rings. The monoisotopic (exact) mass is 323 g/mol. The molecule has 1 aromatic rings. The van der Waals surface area contributed by atoms with Crippen molar-refractivity contribution in [2.45, 2.75) is 12.5 Å². The molecular formula is C15H18FN3O2S. The first-order valence-corrected chi connectivity index (χ1v) is 9.20. The summed E-state index contributed by atoms with van der Waals surface area (Å²) >= 11 is 0. The van der Waals surface area contributed by atoms with Gasteiger partial charge in [-0.15, -0.1) is 0 Å². The molecule has 0 radical (unpaired) electrons. The number of benzene rings is 1. The summed E-state index contributed by atoms with van der Waals surface area (Å²) in [5, 5.41) is 9.14. The first-order valence-electron chi connectivity index (χ1n) is 7.37. The van der Waals surface area contributed by atoms with Gasteiger partial charge in [0, 0.05) is 32.2 Å². The molecule has 1 aromatic carbocycles. The number of nitriles is 1. The lowest BCUT2D eigenvalue weighted by atomic mass is 10.1. The normalized spacial score (nSPS) is 25.1. The molecule has 0 N–H and O–H groups in total. The van der Waals surface area contributed by atoms with Crippen molar-refractivity contribution in [3.63, 3.8) is 0 Å². The number of piperazine rings is 1. The Morgan fingerprint density at radius 2 is 1.95 bits per heavy atom. The number of sulfone groups is 1. The highest BCUT2D eigenvalue weighted by molar-refractivity contribution is 7.91. The van der Waals surface area contributed by atoms with E-state index in [1.165, 1.54) is 12.1 Å². The fraction of sp³-hybridized carbons (Fsp3) is 0.533. The molecule has 7 heteroatoms. The van der Waals surface area contributed by atoms with Crippen LogP contribution in [0.2, 0.25) is 0 Å². The van der Waals surface area contributed by atoms with Crippen molar-refractivity contribution in [3.05, 3.63) is 29.6 Å². The van der Waals surface area contributed by atoms with Crippen molar-refractivity contribution in [3.8, 4) is 6.07 Å². The molecule has 5 nitrogen and oxygen atoms in total. The third-order valence-corrected chi connectivity index (χ3v) is 6.21. The van der Waals surface area contributed by atoms with Crippen LogP contribution in [0.25, 0.3) is 0 Å². The van der Waals surface area contributed by atoms with Crippen LogP contribution in [0, 0.1) is 17.1 Å². The van der Waals surface area contributed by atoms with Gasteiger partial charge in [0.05, 0.1) is 22.8 Å². The third kappa shape index (κ3) is 3.08. The van der Waals surface area contributed by atoms with E-state index in [-0.39, 0.29) is 17.5 Å². The van der Waals surface area contributed by atoms with Gasteiger partial charge in [-0.1, -0.05) is 0 Å². The molecule has 2 heterocycles. The van der Waals surface area contributed by atoms with Crippen LogP contribution in [0.3, 0.4) is 0 Å². The van der Waals surface area contributed by atoms with Crippen LogP contribution in [0.15, 0.2) is 18.2 Å². The second-order valence-corrected chi connectivity index (χ2v) is 8.08. The molecule has 2 aliphatic heterocycles. The highest BCUT2D eigenvalue weighted by Gasteiger charge is 2.33. The predicted molar refractivity (Wildman–Crippen MR) is 82.0 cm³/mol. The van der Waals surface area contributed by atoms with Gasteiger partial charge in [0.2, 0.25) is 0 Å². The van der Waals surface area contributed by atoms with Gasteiger partial charge >= 0.3 is 0 Å². The number of rotatable bonds is 2. The Labute approximate surface area is 129 Å². The van der Waals surface area contributed by atoms with Crippen LogP contribution in [-0.4, -0.2) is 57.0 Å². The number of halogens is 1. The average molecular weight is 323 g/mol. The zero-order valence-electron chi connectivity index (χ0n) is 12.2. The molecule has 2 saturated heterocycles. The molecule has 0 amide bonds. The lowest BCUT2D eigenvalue weighted by Gasteiger charge is -2.39. The second-order valence-electron chi connectivity index (χ2n) is 5.85. The van der Waals surface area contributed by atoms with E-state index >= 15 is 0 Å². The van der Waals surface area contributed by atoms with E-state index in [9.17, 15) is 12.8 Å². The van der Waals surface area contributed by atoms with Crippen LogP contribution < -0.4 is 4.90 Å². The van der Waals surface area contributed by atoms with Crippen molar-refractivity contribution in [2.24, 2.45) is 0 Å². The maximum Gasteiger partial charge on any atom is 0.151 e. The molecule has 3 rings (SSSR count). The molecule has 22 heavy (non-hydrogen) atoms. The van der Waals surface area contributed by atoms with Crippen LogP contribution in [0.5, 0.6) is 0 Å². The second kappa shape index (κ2) is 5.86. The molecule has 0 saturated carbocycles. The molecule has 1 atom stereocenters. The standard InChI is InChI=1S/C15H18FN3O2S/c16-13-1-2-15(12(9-13)10-17)19-6-4-18(5-7-19)14-3-8-22(20,21)11-14/h1-2,9,14H,3-8,11H2/t14-/m0/s1. The fourth-order valence-electron chi connectivity index (χ4n) is 3.26. The van der Waals surface area contributed by atoms with Gasteiger partial charge in [0.15, 0.2) is 9.84 Å². The quantitative estimate of drug-likeness (QED) is 0.813. The molecule has 0 unspecified atom stereocenters. The minimum Gasteiger partial charge on any atom is -0.368 e. The van der Waals surface area contributed by atoms with E-state index in [4.69, 9.17) is 5.26 Å². The Kier molecular flexibility index (Phi) is 4.06. The van der Waals surface area contributed by atoms with Crippen molar-refractivity contribution in [1.82, 2.24) is 4.90 Å². The molecule has 0 spiro atoms. The van der Waals surface area contributed by atoms with E-state index < -0.39 is 15.7 Å². The van der Waals surface area contributed by atoms with E-state index in [1.807, 2.05) is 6.07 Å². The average Bonchev–Trinajstić information content (AvgIpc) is 2.87. The number of anilines is 1. The molecular weight excluding hydrogens is 305 g/mol. The van der Waals surface area contributed by atoms with Crippen molar-refractivity contribution in [2.75, 3.05) is 42.6 Å². The zero-order chi connectivity index (χ0) is 15.7. The van der Waals surface area contributed by atoms with Gasteiger partial charge in [0.25, 0.3) is 0 Å². The molecule has 2 aliphatic rings. The lowest BCUT2D eigenvalue weighted by molar-refractivity contribution is 0.200. The van der Waals surface area contributed by atoms with Crippen LogP contribution >= 0.6 is 0 Å². The Bertz CT molecular complexity index is 706. The molecule has 118 valence electrons. The summed E-state index contributed by atoms with van der Waals surface area (Å²) < 4.78 is 36.4. The maximum absolute atomic E-state index is 13.2. The Morgan fingerprint density at radius 1 is 1.23 bits per heavy atom. The summed E-state index contributed by atoms with van der Waals surface area (Å²) in [6.07, 6.45) is 0.711. The van der Waals surface area contributed by atoms with E-state index in [0.29, 0.717) is 12.0 Å². The van der Waals surface area contributed by atoms with Crippen molar-refractivity contribution < 1.29 is 12.8 Å². The van der Waals surface area contributed by atoms with Crippen LogP contribution in [0.4, 0.5) is 10.1 Å². The van der Waals surface area contributed by atoms with Crippen molar-refractivity contribution in [1.29, 1.82) is 5.26 Å². The van der Waals surface area contributed by atoms with E-state index in [0.717, 1.165) is 31.9 Å². The van der Waals surface area contributed by atoms with Gasteiger partial charge in [-0.2, -0.15) is 5.26 Å².